The summed E-state index contributed by atoms with van der Waals surface area (Å²) in [4.78, 5) is 30.9. The topological polar surface area (TPSA) is 78.3 Å². The molecule has 168 valence electrons. The molecule has 1 aromatic heterocycles. The molecule has 0 aliphatic carbocycles. The lowest BCUT2D eigenvalue weighted by atomic mass is 10.1. The molecule has 0 bridgehead atoms. The summed E-state index contributed by atoms with van der Waals surface area (Å²) in [6, 6.07) is 21.7. The summed E-state index contributed by atoms with van der Waals surface area (Å²) >= 11 is 11.4. The number of aliphatic hydroxyl groups is 1. The molecule has 3 aromatic carbocycles. The van der Waals surface area contributed by atoms with E-state index in [2.05, 4.69) is 4.98 Å². The van der Waals surface area contributed by atoms with E-state index in [-0.39, 0.29) is 29.4 Å². The zero-order chi connectivity index (χ0) is 23.4. The summed E-state index contributed by atoms with van der Waals surface area (Å²) in [5.41, 5.74) is 2.52. The minimum atomic E-state index is -0.237. The number of aliphatic hydroxyl groups excluding tert-OH is 1. The summed E-state index contributed by atoms with van der Waals surface area (Å²) < 4.78 is 1.75. The van der Waals surface area contributed by atoms with Crippen LogP contribution in [0, 0.1) is 4.77 Å². The van der Waals surface area contributed by atoms with Crippen LogP contribution in [0.5, 0.6) is 0 Å². The Kier molecular flexibility index (Phi) is 7.03. The molecule has 2 N–H and O–H groups in total. The molecule has 0 saturated carbocycles. The second-order valence-electron chi connectivity index (χ2n) is 7.64. The Bertz CT molecular complexity index is 1400. The van der Waals surface area contributed by atoms with Gasteiger partial charge in [-0.3, -0.25) is 14.2 Å². The number of amides is 1. The molecule has 0 atom stereocenters. The van der Waals surface area contributed by atoms with Gasteiger partial charge in [0.2, 0.25) is 0 Å². The van der Waals surface area contributed by atoms with E-state index in [9.17, 15) is 14.7 Å². The van der Waals surface area contributed by atoms with Gasteiger partial charge in [0, 0.05) is 23.7 Å². The fourth-order valence-electron chi connectivity index (χ4n) is 3.66. The van der Waals surface area contributed by atoms with Crippen molar-refractivity contribution in [3.05, 3.63) is 110 Å². The second-order valence-corrected chi connectivity index (χ2v) is 8.47. The second kappa shape index (κ2) is 10.1. The van der Waals surface area contributed by atoms with Gasteiger partial charge in [0.05, 0.1) is 24.1 Å². The zero-order valence-corrected chi connectivity index (χ0v) is 19.3. The summed E-state index contributed by atoms with van der Waals surface area (Å²) in [7, 11) is 0. The van der Waals surface area contributed by atoms with Crippen molar-refractivity contribution < 1.29 is 9.90 Å². The van der Waals surface area contributed by atoms with E-state index in [4.69, 9.17) is 23.8 Å². The van der Waals surface area contributed by atoms with E-state index in [1.807, 2.05) is 42.5 Å². The third-order valence-corrected chi connectivity index (χ3v) is 5.93. The van der Waals surface area contributed by atoms with Gasteiger partial charge in [-0.05, 0) is 53.7 Å². The SMILES string of the molecule is O=C(c1ccc2c(=O)n(Cc3ccc(Cl)cc3)c(=S)[nH]c2c1)N(CCO)Cc1ccccc1. The number of nitrogens with zero attached hydrogens (tertiary/aromatic N) is 2. The van der Waals surface area contributed by atoms with E-state index < -0.39 is 0 Å². The number of nitrogens with one attached hydrogen (secondary N) is 1. The zero-order valence-electron chi connectivity index (χ0n) is 17.7. The number of benzene rings is 3. The maximum absolute atomic E-state index is 13.2. The summed E-state index contributed by atoms with van der Waals surface area (Å²) in [5, 5.41) is 10.5. The molecule has 4 rings (SSSR count). The minimum Gasteiger partial charge on any atom is -0.395 e. The van der Waals surface area contributed by atoms with Gasteiger partial charge in [-0.1, -0.05) is 54.1 Å². The molecule has 1 heterocycles. The van der Waals surface area contributed by atoms with E-state index in [1.165, 1.54) is 4.57 Å². The number of hydrogen-bond donors (Lipinski definition) is 2. The van der Waals surface area contributed by atoms with Crippen molar-refractivity contribution in [1.29, 1.82) is 0 Å². The third kappa shape index (κ3) is 5.22. The van der Waals surface area contributed by atoms with Crippen LogP contribution < -0.4 is 5.56 Å². The van der Waals surface area contributed by atoms with Crippen LogP contribution in [-0.4, -0.2) is 38.6 Å². The first-order valence-corrected chi connectivity index (χ1v) is 11.2. The first-order valence-electron chi connectivity index (χ1n) is 10.4. The largest absolute Gasteiger partial charge is 0.395 e. The van der Waals surface area contributed by atoms with Gasteiger partial charge in [0.1, 0.15) is 0 Å². The van der Waals surface area contributed by atoms with Crippen LogP contribution in [0.25, 0.3) is 10.9 Å². The van der Waals surface area contributed by atoms with Crippen LogP contribution in [0.15, 0.2) is 77.6 Å². The predicted octanol–water partition coefficient (Wildman–Crippen LogP) is 4.40. The van der Waals surface area contributed by atoms with E-state index >= 15 is 0 Å². The van der Waals surface area contributed by atoms with Crippen molar-refractivity contribution in [1.82, 2.24) is 14.5 Å². The van der Waals surface area contributed by atoms with Gasteiger partial charge in [-0.25, -0.2) is 0 Å². The molecule has 4 aromatic rings. The van der Waals surface area contributed by atoms with Crippen molar-refractivity contribution in [3.63, 3.8) is 0 Å². The van der Waals surface area contributed by atoms with E-state index in [1.54, 1.807) is 35.2 Å². The lowest BCUT2D eigenvalue weighted by molar-refractivity contribution is 0.0708. The van der Waals surface area contributed by atoms with Crippen molar-refractivity contribution >= 4 is 40.6 Å². The predicted molar refractivity (Wildman–Crippen MR) is 132 cm³/mol. The number of rotatable bonds is 7. The Balaban J connectivity index is 1.66. The molecule has 1 amide bonds. The molecule has 0 radical (unpaired) electrons. The fraction of sp³-hybridized carbons (Fsp3) is 0.160. The van der Waals surface area contributed by atoms with E-state index in [0.29, 0.717) is 34.6 Å². The van der Waals surface area contributed by atoms with Crippen LogP contribution in [-0.2, 0) is 13.1 Å². The molecule has 6 nitrogen and oxygen atoms in total. The fourth-order valence-corrected chi connectivity index (χ4v) is 4.05. The lowest BCUT2D eigenvalue weighted by Crippen LogP contribution is -2.33. The van der Waals surface area contributed by atoms with Gasteiger partial charge < -0.3 is 15.0 Å². The Morgan fingerprint density at radius 1 is 1.03 bits per heavy atom. The van der Waals surface area contributed by atoms with Gasteiger partial charge >= 0.3 is 0 Å². The smallest absolute Gasteiger partial charge is 0.262 e. The first-order chi connectivity index (χ1) is 16.0. The average molecular weight is 480 g/mol. The average Bonchev–Trinajstić information content (AvgIpc) is 2.82. The van der Waals surface area contributed by atoms with Crippen molar-refractivity contribution in [2.24, 2.45) is 0 Å². The van der Waals surface area contributed by atoms with Gasteiger partial charge in [-0.15, -0.1) is 0 Å². The molecular weight excluding hydrogens is 458 g/mol. The number of fused-ring (bicyclic) bond motifs is 1. The number of hydrogen-bond acceptors (Lipinski definition) is 4. The Hall–Kier alpha value is -3.26. The molecule has 0 aliphatic rings. The molecule has 8 heteroatoms. The van der Waals surface area contributed by atoms with Gasteiger partial charge in [-0.2, -0.15) is 0 Å². The highest BCUT2D eigenvalue weighted by atomic mass is 35.5. The van der Waals surface area contributed by atoms with E-state index in [0.717, 1.165) is 11.1 Å². The maximum Gasteiger partial charge on any atom is 0.262 e. The van der Waals surface area contributed by atoms with Crippen LogP contribution in [0.2, 0.25) is 5.02 Å². The first kappa shape index (κ1) is 22.9. The normalized spacial score (nSPS) is 11.0. The molecule has 0 unspecified atom stereocenters. The summed E-state index contributed by atoms with van der Waals surface area (Å²) in [6.45, 7) is 0.731. The Morgan fingerprint density at radius 2 is 1.76 bits per heavy atom. The Labute approximate surface area is 200 Å². The monoisotopic (exact) mass is 479 g/mol. The van der Waals surface area contributed by atoms with Gasteiger partial charge in [0.25, 0.3) is 11.5 Å². The van der Waals surface area contributed by atoms with Crippen LogP contribution >= 0.6 is 23.8 Å². The van der Waals surface area contributed by atoms with Crippen molar-refractivity contribution in [3.8, 4) is 0 Å². The minimum absolute atomic E-state index is 0.149. The number of carbonyl (C=O) groups is 1. The number of aromatic nitrogens is 2. The molecule has 0 aliphatic heterocycles. The summed E-state index contributed by atoms with van der Waals surface area (Å²) in [5.74, 6) is -0.237. The number of halogens is 1. The number of aromatic amines is 1. The highest BCUT2D eigenvalue weighted by molar-refractivity contribution is 7.71. The number of H-pyrrole nitrogens is 1. The maximum atomic E-state index is 13.2. The van der Waals surface area contributed by atoms with Crippen LogP contribution in [0.4, 0.5) is 0 Å². The lowest BCUT2D eigenvalue weighted by Gasteiger charge is -2.22. The standard InChI is InChI=1S/C25H22ClN3O3S/c26-20-9-6-18(7-10-20)16-29-24(32)21-11-8-19(14-22(21)27-25(29)33)23(31)28(12-13-30)15-17-4-2-1-3-5-17/h1-11,14,30H,12-13,15-16H2,(H,27,33). The molecular formula is C25H22ClN3O3S. The summed E-state index contributed by atoms with van der Waals surface area (Å²) in [6.07, 6.45) is 0. The Morgan fingerprint density at radius 3 is 2.45 bits per heavy atom. The highest BCUT2D eigenvalue weighted by Crippen LogP contribution is 2.16. The highest BCUT2D eigenvalue weighted by Gasteiger charge is 2.17. The molecule has 33 heavy (non-hydrogen) atoms. The van der Waals surface area contributed by atoms with Crippen LogP contribution in [0.3, 0.4) is 0 Å². The third-order valence-electron chi connectivity index (χ3n) is 5.36. The van der Waals surface area contributed by atoms with Gasteiger partial charge in [0.15, 0.2) is 4.77 Å². The van der Waals surface area contributed by atoms with Crippen molar-refractivity contribution in [2.45, 2.75) is 13.1 Å². The molecule has 0 saturated heterocycles. The van der Waals surface area contributed by atoms with Crippen LogP contribution in [0.1, 0.15) is 21.5 Å². The molecule has 0 spiro atoms. The molecule has 0 fully saturated rings. The quantitative estimate of drug-likeness (QED) is 0.385. The van der Waals surface area contributed by atoms with Crippen molar-refractivity contribution in [2.75, 3.05) is 13.2 Å². The number of carbonyl (C=O) groups excluding carboxylic acids is 1.